The number of ether oxygens (including phenoxy) is 2. The van der Waals surface area contributed by atoms with Gasteiger partial charge in [-0.1, -0.05) is 29.8 Å². The molecule has 19 heavy (non-hydrogen) atoms. The van der Waals surface area contributed by atoms with Gasteiger partial charge in [-0.15, -0.1) is 0 Å². The second-order valence-electron chi connectivity index (χ2n) is 4.21. The molecule has 5 nitrogen and oxygen atoms in total. The van der Waals surface area contributed by atoms with Gasteiger partial charge in [0.05, 0.1) is 19.1 Å². The molecule has 0 aliphatic heterocycles. The number of benzene rings is 1. The van der Waals surface area contributed by atoms with Crippen molar-refractivity contribution in [2.45, 2.75) is 13.8 Å². The Hall–Kier alpha value is -1.56. The van der Waals surface area contributed by atoms with Crippen molar-refractivity contribution in [2.24, 2.45) is 5.92 Å². The summed E-state index contributed by atoms with van der Waals surface area (Å²) in [5.41, 5.74) is 0.825. The Morgan fingerprint density at radius 3 is 2.26 bits per heavy atom. The molecule has 0 spiro atoms. The van der Waals surface area contributed by atoms with E-state index in [9.17, 15) is 10.1 Å². The monoisotopic (exact) mass is 329 g/mol. The standard InChI is InChI=1S/C13H16BrNO4/c1-8(2)11(15(16)17)5-9-6-12(18-3)13(19-4)7-10(9)14/h5-8H,1-4H3/b11-5-. The van der Waals surface area contributed by atoms with Crippen LogP contribution in [0.15, 0.2) is 22.3 Å². The summed E-state index contributed by atoms with van der Waals surface area (Å²) in [6.07, 6.45) is 1.54. The summed E-state index contributed by atoms with van der Waals surface area (Å²) >= 11 is 3.38. The molecule has 0 saturated carbocycles. The van der Waals surface area contributed by atoms with E-state index in [-0.39, 0.29) is 16.5 Å². The molecule has 0 saturated heterocycles. The van der Waals surface area contributed by atoms with Gasteiger partial charge in [-0.25, -0.2) is 0 Å². The minimum absolute atomic E-state index is 0.146. The first-order valence-electron chi connectivity index (χ1n) is 5.68. The van der Waals surface area contributed by atoms with Crippen LogP contribution in [0, 0.1) is 16.0 Å². The van der Waals surface area contributed by atoms with Crippen LogP contribution in [0.5, 0.6) is 11.5 Å². The number of allylic oxidation sites excluding steroid dienone is 1. The molecule has 0 unspecified atom stereocenters. The molecule has 0 N–H and O–H groups in total. The second kappa shape index (κ2) is 6.56. The van der Waals surface area contributed by atoms with Crippen LogP contribution in [0.2, 0.25) is 0 Å². The van der Waals surface area contributed by atoms with Crippen molar-refractivity contribution in [1.82, 2.24) is 0 Å². The Kier molecular flexibility index (Phi) is 5.35. The smallest absolute Gasteiger partial charge is 0.249 e. The van der Waals surface area contributed by atoms with Gasteiger partial charge in [0.1, 0.15) is 0 Å². The molecule has 0 heterocycles. The summed E-state index contributed by atoms with van der Waals surface area (Å²) in [6, 6.07) is 3.43. The quantitative estimate of drug-likeness (QED) is 0.609. The summed E-state index contributed by atoms with van der Waals surface area (Å²) in [5, 5.41) is 11.0. The zero-order chi connectivity index (χ0) is 14.6. The summed E-state index contributed by atoms with van der Waals surface area (Å²) in [4.78, 5) is 10.6. The predicted molar refractivity (Wildman–Crippen MR) is 77.1 cm³/mol. The number of nitrogens with zero attached hydrogens (tertiary/aromatic N) is 1. The van der Waals surface area contributed by atoms with Gasteiger partial charge in [0.15, 0.2) is 11.5 Å². The lowest BCUT2D eigenvalue weighted by Crippen LogP contribution is -2.05. The fourth-order valence-electron chi connectivity index (χ4n) is 1.57. The van der Waals surface area contributed by atoms with Gasteiger partial charge >= 0.3 is 0 Å². The molecule has 0 atom stereocenters. The second-order valence-corrected chi connectivity index (χ2v) is 5.06. The van der Waals surface area contributed by atoms with Gasteiger partial charge in [0.25, 0.3) is 0 Å². The summed E-state index contributed by atoms with van der Waals surface area (Å²) in [7, 11) is 3.06. The van der Waals surface area contributed by atoms with Crippen LogP contribution in [0.1, 0.15) is 19.4 Å². The van der Waals surface area contributed by atoms with Crippen LogP contribution in [0.3, 0.4) is 0 Å². The number of nitro groups is 1. The number of hydrogen-bond donors (Lipinski definition) is 0. The average Bonchev–Trinajstić information content (AvgIpc) is 2.35. The molecular formula is C13H16BrNO4. The van der Waals surface area contributed by atoms with E-state index in [0.717, 1.165) is 0 Å². The van der Waals surface area contributed by atoms with E-state index in [1.54, 1.807) is 26.0 Å². The molecule has 1 rings (SSSR count). The first-order chi connectivity index (χ1) is 8.90. The molecule has 0 aliphatic carbocycles. The minimum Gasteiger partial charge on any atom is -0.493 e. The van der Waals surface area contributed by atoms with E-state index >= 15 is 0 Å². The topological polar surface area (TPSA) is 61.6 Å². The van der Waals surface area contributed by atoms with Crippen molar-refractivity contribution in [3.8, 4) is 11.5 Å². The van der Waals surface area contributed by atoms with E-state index in [4.69, 9.17) is 9.47 Å². The Balaban J connectivity index is 3.34. The van der Waals surface area contributed by atoms with Gasteiger partial charge in [-0.2, -0.15) is 0 Å². The van der Waals surface area contributed by atoms with Gasteiger partial charge < -0.3 is 9.47 Å². The SMILES string of the molecule is COc1cc(Br)c(/C=C(/C(C)C)[N+](=O)[O-])cc1OC. The highest BCUT2D eigenvalue weighted by atomic mass is 79.9. The molecule has 0 amide bonds. The first kappa shape index (κ1) is 15.5. The van der Waals surface area contributed by atoms with Gasteiger partial charge in [-0.3, -0.25) is 10.1 Å². The molecule has 0 aromatic heterocycles. The fraction of sp³-hybridized carbons (Fsp3) is 0.385. The maximum absolute atomic E-state index is 11.0. The van der Waals surface area contributed by atoms with Crippen molar-refractivity contribution < 1.29 is 14.4 Å². The van der Waals surface area contributed by atoms with E-state index in [2.05, 4.69) is 15.9 Å². The van der Waals surface area contributed by atoms with Crippen molar-refractivity contribution in [2.75, 3.05) is 14.2 Å². The van der Waals surface area contributed by atoms with Crippen LogP contribution in [-0.2, 0) is 0 Å². The predicted octanol–water partition coefficient (Wildman–Crippen LogP) is 3.74. The number of rotatable bonds is 5. The third kappa shape index (κ3) is 3.70. The average molecular weight is 330 g/mol. The molecule has 6 heteroatoms. The molecule has 0 radical (unpaired) electrons. The van der Waals surface area contributed by atoms with Crippen LogP contribution >= 0.6 is 15.9 Å². The highest BCUT2D eigenvalue weighted by Crippen LogP contribution is 2.34. The Morgan fingerprint density at radius 1 is 1.32 bits per heavy atom. The van der Waals surface area contributed by atoms with E-state index in [0.29, 0.717) is 21.5 Å². The normalized spacial score (nSPS) is 11.6. The highest BCUT2D eigenvalue weighted by Gasteiger charge is 2.17. The third-order valence-corrected chi connectivity index (χ3v) is 3.30. The van der Waals surface area contributed by atoms with E-state index in [1.165, 1.54) is 20.3 Å². The molecule has 0 fully saturated rings. The van der Waals surface area contributed by atoms with Gasteiger partial charge in [-0.05, 0) is 17.7 Å². The molecule has 1 aromatic rings. The summed E-state index contributed by atoms with van der Waals surface area (Å²) in [5.74, 6) is 0.928. The lowest BCUT2D eigenvalue weighted by molar-refractivity contribution is -0.431. The zero-order valence-corrected chi connectivity index (χ0v) is 12.9. The van der Waals surface area contributed by atoms with Gasteiger partial charge in [0.2, 0.25) is 5.70 Å². The molecular weight excluding hydrogens is 314 g/mol. The lowest BCUT2D eigenvalue weighted by Gasteiger charge is -2.10. The molecule has 0 bridgehead atoms. The Morgan fingerprint density at radius 2 is 1.84 bits per heavy atom. The van der Waals surface area contributed by atoms with E-state index in [1.807, 2.05) is 0 Å². The van der Waals surface area contributed by atoms with E-state index < -0.39 is 0 Å². The zero-order valence-electron chi connectivity index (χ0n) is 11.3. The van der Waals surface area contributed by atoms with Crippen molar-refractivity contribution >= 4 is 22.0 Å². The maximum atomic E-state index is 11.0. The summed E-state index contributed by atoms with van der Waals surface area (Å²) in [6.45, 7) is 3.56. The Labute approximate surface area is 120 Å². The van der Waals surface area contributed by atoms with Gasteiger partial charge in [0, 0.05) is 16.5 Å². The van der Waals surface area contributed by atoms with Crippen molar-refractivity contribution in [1.29, 1.82) is 0 Å². The minimum atomic E-state index is -0.367. The molecule has 1 aromatic carbocycles. The van der Waals surface area contributed by atoms with Crippen LogP contribution in [0.25, 0.3) is 6.08 Å². The maximum Gasteiger partial charge on any atom is 0.249 e. The van der Waals surface area contributed by atoms with Crippen molar-refractivity contribution in [3.05, 3.63) is 38.0 Å². The number of hydrogen-bond acceptors (Lipinski definition) is 4. The molecule has 104 valence electrons. The van der Waals surface area contributed by atoms with Crippen LogP contribution in [0.4, 0.5) is 0 Å². The highest BCUT2D eigenvalue weighted by molar-refractivity contribution is 9.10. The van der Waals surface area contributed by atoms with Crippen LogP contribution < -0.4 is 9.47 Å². The first-order valence-corrected chi connectivity index (χ1v) is 6.47. The summed E-state index contributed by atoms with van der Waals surface area (Å²) < 4.78 is 11.1. The third-order valence-electron chi connectivity index (χ3n) is 2.61. The lowest BCUT2D eigenvalue weighted by atomic mass is 10.1. The molecule has 0 aliphatic rings. The number of methoxy groups -OCH3 is 2. The number of halogens is 1. The fourth-order valence-corrected chi connectivity index (χ4v) is 2.01. The largest absolute Gasteiger partial charge is 0.493 e. The Bertz CT molecular complexity index is 512. The van der Waals surface area contributed by atoms with Crippen LogP contribution in [-0.4, -0.2) is 19.1 Å². The van der Waals surface area contributed by atoms with Crippen molar-refractivity contribution in [3.63, 3.8) is 0 Å².